The summed E-state index contributed by atoms with van der Waals surface area (Å²) >= 11 is 0. The number of rotatable bonds is 3. The maximum absolute atomic E-state index is 13.4. The summed E-state index contributed by atoms with van der Waals surface area (Å²) in [5.74, 6) is -3.75. The highest BCUT2D eigenvalue weighted by Crippen LogP contribution is 2.39. The second kappa shape index (κ2) is 4.44. The largest absolute Gasteiger partial charge is 0.486 e. The normalized spacial score (nSPS) is 14.4. The number of carboxylic acid groups (broad SMARTS) is 1. The number of carbonyl (C=O) groups is 1. The van der Waals surface area contributed by atoms with Gasteiger partial charge in [-0.3, -0.25) is 4.79 Å². The molecule has 1 aromatic carbocycles. The predicted molar refractivity (Wildman–Crippen MR) is 58.3 cm³/mol. The highest BCUT2D eigenvalue weighted by Gasteiger charge is 2.31. The Bertz CT molecular complexity index is 480. The zero-order chi connectivity index (χ0) is 13.3. The fourth-order valence-corrected chi connectivity index (χ4v) is 1.85. The molecule has 2 rings (SSSR count). The number of halogens is 2. The summed E-state index contributed by atoms with van der Waals surface area (Å²) in [7, 11) is 0. The lowest BCUT2D eigenvalue weighted by molar-refractivity contribution is -0.136. The highest BCUT2D eigenvalue weighted by molar-refractivity contribution is 5.71. The van der Waals surface area contributed by atoms with Gasteiger partial charge in [0.2, 0.25) is 0 Å². The van der Waals surface area contributed by atoms with Crippen LogP contribution in [-0.2, 0) is 17.1 Å². The molecular formula is C12H12F2O4. The van der Waals surface area contributed by atoms with Gasteiger partial charge in [-0.1, -0.05) is 0 Å². The van der Waals surface area contributed by atoms with Gasteiger partial charge in [-0.2, -0.15) is 0 Å². The number of aliphatic carboxylic acids is 1. The summed E-state index contributed by atoms with van der Waals surface area (Å²) in [6.07, 6.45) is -0.477. The molecule has 1 aromatic rings. The van der Waals surface area contributed by atoms with Crippen LogP contribution in [0.1, 0.15) is 18.1 Å². The average molecular weight is 258 g/mol. The van der Waals surface area contributed by atoms with Gasteiger partial charge >= 0.3 is 5.97 Å². The van der Waals surface area contributed by atoms with Crippen LogP contribution < -0.4 is 9.47 Å². The predicted octanol–water partition coefficient (Wildman–Crippen LogP) is 2.20. The monoisotopic (exact) mass is 258 g/mol. The van der Waals surface area contributed by atoms with E-state index in [9.17, 15) is 13.6 Å². The second-order valence-electron chi connectivity index (χ2n) is 4.11. The molecule has 98 valence electrons. The third-order valence-electron chi connectivity index (χ3n) is 2.58. The molecule has 1 aliphatic rings. The van der Waals surface area contributed by atoms with E-state index in [-0.39, 0.29) is 16.9 Å². The fraction of sp³-hybridized carbons (Fsp3) is 0.417. The van der Waals surface area contributed by atoms with Gasteiger partial charge in [0.05, 0.1) is 6.42 Å². The molecule has 1 heterocycles. The van der Waals surface area contributed by atoms with E-state index in [4.69, 9.17) is 14.6 Å². The van der Waals surface area contributed by atoms with Gasteiger partial charge in [0.15, 0.2) is 11.5 Å². The van der Waals surface area contributed by atoms with Gasteiger partial charge in [0.25, 0.3) is 5.92 Å². The lowest BCUT2D eigenvalue weighted by Gasteiger charge is -2.22. The van der Waals surface area contributed by atoms with Gasteiger partial charge in [-0.05, 0) is 17.7 Å². The van der Waals surface area contributed by atoms with Crippen molar-refractivity contribution in [3.05, 3.63) is 23.3 Å². The molecule has 0 fully saturated rings. The molecule has 1 N–H and O–H groups in total. The Labute approximate surface area is 102 Å². The van der Waals surface area contributed by atoms with Gasteiger partial charge in [0.1, 0.15) is 13.2 Å². The van der Waals surface area contributed by atoms with Crippen molar-refractivity contribution in [2.75, 3.05) is 13.2 Å². The number of hydrogen-bond acceptors (Lipinski definition) is 3. The number of benzene rings is 1. The molecule has 1 aliphatic heterocycles. The first-order valence-electron chi connectivity index (χ1n) is 5.40. The smallest absolute Gasteiger partial charge is 0.307 e. The van der Waals surface area contributed by atoms with E-state index >= 15 is 0 Å². The van der Waals surface area contributed by atoms with Crippen LogP contribution in [0.15, 0.2) is 12.1 Å². The highest BCUT2D eigenvalue weighted by atomic mass is 19.3. The lowest BCUT2D eigenvalue weighted by Crippen LogP contribution is -2.19. The summed E-state index contributed by atoms with van der Waals surface area (Å²) in [6.45, 7) is 1.34. The molecule has 0 amide bonds. The van der Waals surface area contributed by atoms with Crippen LogP contribution in [0.25, 0.3) is 0 Å². The number of hydrogen-bond donors (Lipinski definition) is 1. The van der Waals surface area contributed by atoms with E-state index in [0.29, 0.717) is 19.0 Å². The minimum atomic E-state index is -3.12. The molecule has 0 spiro atoms. The first-order chi connectivity index (χ1) is 8.38. The molecule has 4 nitrogen and oxygen atoms in total. The Morgan fingerprint density at radius 2 is 1.89 bits per heavy atom. The maximum atomic E-state index is 13.4. The number of fused-ring (bicyclic) bond motifs is 1. The summed E-state index contributed by atoms with van der Waals surface area (Å²) < 4.78 is 37.4. The summed E-state index contributed by atoms with van der Waals surface area (Å²) in [6, 6.07) is 2.47. The van der Waals surface area contributed by atoms with Crippen molar-refractivity contribution in [2.45, 2.75) is 19.3 Å². The second-order valence-corrected chi connectivity index (χ2v) is 4.11. The Morgan fingerprint density at radius 3 is 2.39 bits per heavy atom. The zero-order valence-electron chi connectivity index (χ0n) is 9.70. The van der Waals surface area contributed by atoms with Crippen LogP contribution in [-0.4, -0.2) is 24.3 Å². The quantitative estimate of drug-likeness (QED) is 0.903. The Balaban J connectivity index is 2.51. The van der Waals surface area contributed by atoms with E-state index in [1.165, 1.54) is 6.07 Å². The summed E-state index contributed by atoms with van der Waals surface area (Å²) in [5.41, 5.74) is -0.298. The van der Waals surface area contributed by atoms with Crippen molar-refractivity contribution in [1.29, 1.82) is 0 Å². The standard InChI is InChI=1S/C12H12F2O4/c1-12(13,14)8-6-10-9(17-2-3-18-10)4-7(8)5-11(15)16/h4,6H,2-3,5H2,1H3,(H,15,16). The van der Waals surface area contributed by atoms with Gasteiger partial charge < -0.3 is 14.6 Å². The molecule has 0 atom stereocenters. The summed E-state index contributed by atoms with van der Waals surface area (Å²) in [5, 5.41) is 8.74. The first kappa shape index (κ1) is 12.6. The van der Waals surface area contributed by atoms with Crippen molar-refractivity contribution in [3.63, 3.8) is 0 Å². The minimum absolute atomic E-state index is 0.0410. The van der Waals surface area contributed by atoms with Gasteiger partial charge in [0, 0.05) is 12.5 Å². The van der Waals surface area contributed by atoms with Gasteiger partial charge in [-0.15, -0.1) is 0 Å². The Hall–Kier alpha value is -1.85. The average Bonchev–Trinajstić information content (AvgIpc) is 2.26. The first-order valence-corrected chi connectivity index (χ1v) is 5.40. The van der Waals surface area contributed by atoms with E-state index in [1.807, 2.05) is 0 Å². The Morgan fingerprint density at radius 1 is 1.33 bits per heavy atom. The molecule has 0 unspecified atom stereocenters. The molecule has 0 aliphatic carbocycles. The van der Waals surface area contributed by atoms with Crippen molar-refractivity contribution >= 4 is 5.97 Å². The van der Waals surface area contributed by atoms with Crippen molar-refractivity contribution in [1.82, 2.24) is 0 Å². The van der Waals surface area contributed by atoms with E-state index in [2.05, 4.69) is 0 Å². The molecule has 18 heavy (non-hydrogen) atoms. The zero-order valence-corrected chi connectivity index (χ0v) is 9.70. The van der Waals surface area contributed by atoms with Crippen molar-refractivity contribution in [2.24, 2.45) is 0 Å². The molecule has 0 bridgehead atoms. The molecule has 6 heteroatoms. The van der Waals surface area contributed by atoms with Crippen molar-refractivity contribution in [3.8, 4) is 11.5 Å². The molecule has 0 radical (unpaired) electrons. The number of carboxylic acids is 1. The van der Waals surface area contributed by atoms with Gasteiger partial charge in [-0.25, -0.2) is 8.78 Å². The SMILES string of the molecule is CC(F)(F)c1cc2c(cc1CC(=O)O)OCCO2. The van der Waals surface area contributed by atoms with Crippen LogP contribution in [0.4, 0.5) is 8.78 Å². The van der Waals surface area contributed by atoms with E-state index < -0.39 is 18.3 Å². The van der Waals surface area contributed by atoms with Crippen LogP contribution in [0.3, 0.4) is 0 Å². The van der Waals surface area contributed by atoms with E-state index in [0.717, 1.165) is 13.0 Å². The maximum Gasteiger partial charge on any atom is 0.307 e. The minimum Gasteiger partial charge on any atom is -0.486 e. The van der Waals surface area contributed by atoms with Crippen LogP contribution in [0.5, 0.6) is 11.5 Å². The Kier molecular flexibility index (Phi) is 3.11. The molecule has 0 saturated carbocycles. The molecule has 0 saturated heterocycles. The van der Waals surface area contributed by atoms with Crippen LogP contribution in [0.2, 0.25) is 0 Å². The number of alkyl halides is 2. The van der Waals surface area contributed by atoms with Crippen LogP contribution >= 0.6 is 0 Å². The third-order valence-corrected chi connectivity index (χ3v) is 2.58. The third kappa shape index (κ3) is 2.52. The van der Waals surface area contributed by atoms with E-state index in [1.54, 1.807) is 0 Å². The fourth-order valence-electron chi connectivity index (χ4n) is 1.85. The van der Waals surface area contributed by atoms with Crippen molar-refractivity contribution < 1.29 is 28.2 Å². The van der Waals surface area contributed by atoms with Crippen LogP contribution in [0, 0.1) is 0 Å². The molecule has 0 aromatic heterocycles. The lowest BCUT2D eigenvalue weighted by atomic mass is 9.99. The molecular weight excluding hydrogens is 246 g/mol. The topological polar surface area (TPSA) is 55.8 Å². The summed E-state index contributed by atoms with van der Waals surface area (Å²) in [4.78, 5) is 10.7. The number of ether oxygens (including phenoxy) is 2.